The third kappa shape index (κ3) is 4.08. The van der Waals surface area contributed by atoms with E-state index in [-0.39, 0.29) is 18.3 Å². The number of halogens is 2. The molecule has 0 aliphatic rings. The van der Waals surface area contributed by atoms with Crippen molar-refractivity contribution in [3.8, 4) is 0 Å². The number of hydrogen-bond donors (Lipinski definition) is 2. The van der Waals surface area contributed by atoms with Crippen LogP contribution in [0.4, 0.5) is 5.69 Å². The van der Waals surface area contributed by atoms with Crippen LogP contribution in [0, 0.1) is 0 Å². The minimum absolute atomic E-state index is 0. The number of amides is 1. The molecule has 0 heterocycles. The number of nitrogens with one attached hydrogen (secondary N) is 1. The lowest BCUT2D eigenvalue weighted by Crippen LogP contribution is -2.12. The number of anilines is 1. The first kappa shape index (κ1) is 14.2. The van der Waals surface area contributed by atoms with Gasteiger partial charge in [-0.15, -0.1) is 12.4 Å². The highest BCUT2D eigenvalue weighted by atomic mass is 35.5. The summed E-state index contributed by atoms with van der Waals surface area (Å²) >= 11 is 5.80. The largest absolute Gasteiger partial charge is 0.326 e. The van der Waals surface area contributed by atoms with Gasteiger partial charge in [0.05, 0.1) is 0 Å². The van der Waals surface area contributed by atoms with Crippen LogP contribution in [0.15, 0.2) is 18.2 Å². The molecule has 0 saturated heterocycles. The second kappa shape index (κ2) is 6.67. The van der Waals surface area contributed by atoms with Crippen LogP contribution in [0.5, 0.6) is 0 Å². The molecule has 0 saturated carbocycles. The molecule has 0 bridgehead atoms. The summed E-state index contributed by atoms with van der Waals surface area (Å²) in [7, 11) is 0. The van der Waals surface area contributed by atoms with Crippen LogP contribution in [0.3, 0.4) is 0 Å². The van der Waals surface area contributed by atoms with E-state index in [1.54, 1.807) is 25.1 Å². The van der Waals surface area contributed by atoms with Gasteiger partial charge in [0.25, 0.3) is 0 Å². The molecule has 1 aromatic rings. The maximum absolute atomic E-state index is 11.1. The fraction of sp³-hybridized carbons (Fsp3) is 0.300. The molecule has 0 spiro atoms. The molecule has 1 aromatic carbocycles. The number of rotatable bonds is 3. The molecular weight excluding hydrogens is 235 g/mol. The van der Waals surface area contributed by atoms with Crippen LogP contribution in [0.1, 0.15) is 18.9 Å². The summed E-state index contributed by atoms with van der Waals surface area (Å²) in [5.41, 5.74) is 7.11. The first-order chi connectivity index (χ1) is 6.67. The van der Waals surface area contributed by atoms with Crippen LogP contribution in [0.25, 0.3) is 0 Å². The van der Waals surface area contributed by atoms with Crippen molar-refractivity contribution in [2.45, 2.75) is 19.9 Å². The lowest BCUT2D eigenvalue weighted by atomic mass is 10.1. The van der Waals surface area contributed by atoms with Gasteiger partial charge in [-0.25, -0.2) is 0 Å². The maximum atomic E-state index is 11.1. The maximum Gasteiger partial charge on any atom is 0.224 e. The van der Waals surface area contributed by atoms with Crippen molar-refractivity contribution in [2.75, 3.05) is 5.32 Å². The van der Waals surface area contributed by atoms with Gasteiger partial charge in [0.2, 0.25) is 5.91 Å². The zero-order chi connectivity index (χ0) is 10.6. The molecule has 5 heteroatoms. The van der Waals surface area contributed by atoms with Crippen molar-refractivity contribution >= 4 is 35.6 Å². The van der Waals surface area contributed by atoms with Crippen LogP contribution in [-0.4, -0.2) is 5.91 Å². The molecule has 0 unspecified atom stereocenters. The summed E-state index contributed by atoms with van der Waals surface area (Å²) in [6, 6.07) is 5.25. The van der Waals surface area contributed by atoms with Gasteiger partial charge in [-0.2, -0.15) is 0 Å². The van der Waals surface area contributed by atoms with Crippen molar-refractivity contribution in [2.24, 2.45) is 5.73 Å². The van der Waals surface area contributed by atoms with Crippen molar-refractivity contribution in [3.63, 3.8) is 0 Å². The average molecular weight is 249 g/mol. The number of carbonyl (C=O) groups is 1. The molecule has 1 rings (SSSR count). The first-order valence-corrected chi connectivity index (χ1v) is 4.83. The Morgan fingerprint density at radius 2 is 2.20 bits per heavy atom. The molecule has 0 aliphatic carbocycles. The molecule has 0 radical (unpaired) electrons. The lowest BCUT2D eigenvalue weighted by Gasteiger charge is -2.09. The summed E-state index contributed by atoms with van der Waals surface area (Å²) in [5, 5.41) is 3.39. The topological polar surface area (TPSA) is 55.1 Å². The Bertz CT molecular complexity index is 342. The Morgan fingerprint density at radius 1 is 1.53 bits per heavy atom. The van der Waals surface area contributed by atoms with Gasteiger partial charge in [0.15, 0.2) is 0 Å². The lowest BCUT2D eigenvalue weighted by molar-refractivity contribution is -0.115. The second-order valence-electron chi connectivity index (χ2n) is 2.91. The van der Waals surface area contributed by atoms with Gasteiger partial charge in [-0.3, -0.25) is 4.79 Å². The normalized spacial score (nSPS) is 9.27. The molecule has 15 heavy (non-hydrogen) atoms. The van der Waals surface area contributed by atoms with E-state index >= 15 is 0 Å². The van der Waals surface area contributed by atoms with E-state index in [1.165, 1.54) is 0 Å². The minimum atomic E-state index is -0.0259. The third-order valence-electron chi connectivity index (χ3n) is 1.88. The minimum Gasteiger partial charge on any atom is -0.326 e. The van der Waals surface area contributed by atoms with Crippen LogP contribution < -0.4 is 11.1 Å². The zero-order valence-corrected chi connectivity index (χ0v) is 9.99. The van der Waals surface area contributed by atoms with E-state index in [0.29, 0.717) is 18.0 Å². The Labute approximate surface area is 100 Å². The predicted octanol–water partition coefficient (Wildman–Crippen LogP) is 2.57. The molecule has 3 nitrogen and oxygen atoms in total. The zero-order valence-electron chi connectivity index (χ0n) is 8.42. The average Bonchev–Trinajstić information content (AvgIpc) is 2.20. The van der Waals surface area contributed by atoms with E-state index in [1.807, 2.05) is 0 Å². The van der Waals surface area contributed by atoms with Crippen molar-refractivity contribution in [3.05, 3.63) is 28.8 Å². The molecule has 0 aromatic heterocycles. The summed E-state index contributed by atoms with van der Waals surface area (Å²) in [6.07, 6.45) is 0.451. The Kier molecular flexibility index (Phi) is 6.32. The van der Waals surface area contributed by atoms with Crippen molar-refractivity contribution < 1.29 is 4.79 Å². The number of nitrogens with two attached hydrogens (primary N) is 1. The Hall–Kier alpha value is -0.770. The first-order valence-electron chi connectivity index (χ1n) is 4.45. The molecule has 3 N–H and O–H groups in total. The van der Waals surface area contributed by atoms with Crippen LogP contribution in [-0.2, 0) is 11.3 Å². The summed E-state index contributed by atoms with van der Waals surface area (Å²) in [5.74, 6) is -0.0259. The molecule has 84 valence electrons. The third-order valence-corrected chi connectivity index (χ3v) is 2.12. The van der Waals surface area contributed by atoms with Crippen LogP contribution >= 0.6 is 24.0 Å². The van der Waals surface area contributed by atoms with Gasteiger partial charge < -0.3 is 11.1 Å². The fourth-order valence-electron chi connectivity index (χ4n) is 1.09. The number of carbonyl (C=O) groups excluding carboxylic acids is 1. The van der Waals surface area contributed by atoms with Gasteiger partial charge in [-0.05, 0) is 23.8 Å². The number of benzene rings is 1. The molecular formula is C10H14Cl2N2O. The fourth-order valence-corrected chi connectivity index (χ4v) is 1.29. The standard InChI is InChI=1S/C10H13ClN2O.ClH/c1-2-10(14)13-9-4-3-8(11)5-7(9)6-12;/h3-5H,2,6,12H2,1H3,(H,13,14);1H. The summed E-state index contributed by atoms with van der Waals surface area (Å²) in [6.45, 7) is 2.16. The van der Waals surface area contributed by atoms with Crippen LogP contribution in [0.2, 0.25) is 5.02 Å². The van der Waals surface area contributed by atoms with E-state index in [2.05, 4.69) is 5.32 Å². The Morgan fingerprint density at radius 3 is 2.73 bits per heavy atom. The number of hydrogen-bond acceptors (Lipinski definition) is 2. The quantitative estimate of drug-likeness (QED) is 0.864. The summed E-state index contributed by atoms with van der Waals surface area (Å²) in [4.78, 5) is 11.1. The monoisotopic (exact) mass is 248 g/mol. The van der Waals surface area contributed by atoms with Gasteiger partial charge in [0.1, 0.15) is 0 Å². The van der Waals surface area contributed by atoms with Crippen molar-refractivity contribution in [1.29, 1.82) is 0 Å². The van der Waals surface area contributed by atoms with Gasteiger partial charge in [-0.1, -0.05) is 18.5 Å². The highest BCUT2D eigenvalue weighted by Gasteiger charge is 2.04. The highest BCUT2D eigenvalue weighted by molar-refractivity contribution is 6.30. The molecule has 0 aliphatic heterocycles. The Balaban J connectivity index is 0.00000196. The summed E-state index contributed by atoms with van der Waals surface area (Å²) < 4.78 is 0. The predicted molar refractivity (Wildman–Crippen MR) is 65.5 cm³/mol. The van der Waals surface area contributed by atoms with Crippen molar-refractivity contribution in [1.82, 2.24) is 0 Å². The van der Waals surface area contributed by atoms with Gasteiger partial charge in [0, 0.05) is 23.7 Å². The molecule has 0 fully saturated rings. The highest BCUT2D eigenvalue weighted by Crippen LogP contribution is 2.20. The smallest absolute Gasteiger partial charge is 0.224 e. The molecule has 0 atom stereocenters. The van der Waals surface area contributed by atoms with E-state index in [9.17, 15) is 4.79 Å². The van der Waals surface area contributed by atoms with E-state index in [4.69, 9.17) is 17.3 Å². The second-order valence-corrected chi connectivity index (χ2v) is 3.34. The van der Waals surface area contributed by atoms with Gasteiger partial charge >= 0.3 is 0 Å². The van der Waals surface area contributed by atoms with E-state index in [0.717, 1.165) is 11.3 Å². The van der Waals surface area contributed by atoms with E-state index < -0.39 is 0 Å². The molecule has 1 amide bonds. The SMILES string of the molecule is CCC(=O)Nc1ccc(Cl)cc1CN.Cl.